The monoisotopic (exact) mass is 411 g/mol. The number of nitrogens with two attached hydrogens (primary N) is 1. The SMILES string of the molecule is CCOc1ccc(-c2nc(NC(=O)C3(CN)CCOCC3)sc2C)cc1.Cl. The van der Waals surface area contributed by atoms with Crippen molar-refractivity contribution in [3.63, 3.8) is 0 Å². The lowest BCUT2D eigenvalue weighted by atomic mass is 9.79. The van der Waals surface area contributed by atoms with Gasteiger partial charge in [-0.15, -0.1) is 23.7 Å². The van der Waals surface area contributed by atoms with Gasteiger partial charge in [-0.25, -0.2) is 4.98 Å². The molecule has 1 aromatic carbocycles. The van der Waals surface area contributed by atoms with Crippen molar-refractivity contribution in [1.29, 1.82) is 0 Å². The fraction of sp³-hybridized carbons (Fsp3) is 0.474. The van der Waals surface area contributed by atoms with Crippen LogP contribution in [-0.2, 0) is 9.53 Å². The van der Waals surface area contributed by atoms with Crippen molar-refractivity contribution in [1.82, 2.24) is 4.98 Å². The van der Waals surface area contributed by atoms with E-state index in [9.17, 15) is 4.79 Å². The molecule has 2 aromatic rings. The van der Waals surface area contributed by atoms with Gasteiger partial charge >= 0.3 is 0 Å². The number of ether oxygens (including phenoxy) is 2. The highest BCUT2D eigenvalue weighted by Gasteiger charge is 2.39. The summed E-state index contributed by atoms with van der Waals surface area (Å²) in [4.78, 5) is 18.5. The second-order valence-electron chi connectivity index (χ2n) is 6.43. The predicted molar refractivity (Wildman–Crippen MR) is 111 cm³/mol. The zero-order valence-electron chi connectivity index (χ0n) is 15.6. The Morgan fingerprint density at radius 1 is 1.33 bits per heavy atom. The van der Waals surface area contributed by atoms with Gasteiger partial charge in [-0.3, -0.25) is 4.79 Å². The lowest BCUT2D eigenvalue weighted by Gasteiger charge is -2.34. The van der Waals surface area contributed by atoms with Crippen LogP contribution in [0.2, 0.25) is 0 Å². The summed E-state index contributed by atoms with van der Waals surface area (Å²) in [5.74, 6) is 0.775. The van der Waals surface area contributed by atoms with Gasteiger partial charge in [0.25, 0.3) is 0 Å². The number of rotatable bonds is 6. The molecule has 2 heterocycles. The van der Waals surface area contributed by atoms with E-state index in [1.54, 1.807) is 0 Å². The third-order valence-corrected chi connectivity index (χ3v) is 5.66. The van der Waals surface area contributed by atoms with Gasteiger partial charge in [0.05, 0.1) is 17.7 Å². The topological polar surface area (TPSA) is 86.5 Å². The summed E-state index contributed by atoms with van der Waals surface area (Å²) in [5.41, 5.74) is 7.23. The summed E-state index contributed by atoms with van der Waals surface area (Å²) < 4.78 is 10.9. The van der Waals surface area contributed by atoms with E-state index in [1.165, 1.54) is 11.3 Å². The molecule has 0 spiro atoms. The number of carbonyl (C=O) groups is 1. The minimum absolute atomic E-state index is 0. The van der Waals surface area contributed by atoms with Gasteiger partial charge < -0.3 is 20.5 Å². The molecule has 1 saturated heterocycles. The highest BCUT2D eigenvalue weighted by molar-refractivity contribution is 7.16. The van der Waals surface area contributed by atoms with Crippen LogP contribution < -0.4 is 15.8 Å². The van der Waals surface area contributed by atoms with Crippen LogP contribution in [0.25, 0.3) is 11.3 Å². The number of hydrogen-bond donors (Lipinski definition) is 2. The maximum atomic E-state index is 12.8. The Hall–Kier alpha value is -1.67. The van der Waals surface area contributed by atoms with Crippen LogP contribution >= 0.6 is 23.7 Å². The normalized spacial score (nSPS) is 15.7. The van der Waals surface area contributed by atoms with E-state index in [-0.39, 0.29) is 18.3 Å². The summed E-state index contributed by atoms with van der Waals surface area (Å²) in [7, 11) is 0. The van der Waals surface area contributed by atoms with Crippen molar-refractivity contribution in [3.05, 3.63) is 29.1 Å². The number of nitrogens with zero attached hydrogens (tertiary/aromatic N) is 1. The van der Waals surface area contributed by atoms with Crippen molar-refractivity contribution in [2.24, 2.45) is 11.1 Å². The van der Waals surface area contributed by atoms with Crippen molar-refractivity contribution >= 4 is 34.8 Å². The summed E-state index contributed by atoms with van der Waals surface area (Å²) in [6, 6.07) is 7.83. The second kappa shape index (κ2) is 9.50. The molecule has 6 nitrogen and oxygen atoms in total. The molecule has 1 fully saturated rings. The van der Waals surface area contributed by atoms with Crippen molar-refractivity contribution in [3.8, 4) is 17.0 Å². The minimum atomic E-state index is -0.558. The van der Waals surface area contributed by atoms with E-state index in [2.05, 4.69) is 10.3 Å². The quantitative estimate of drug-likeness (QED) is 0.757. The fourth-order valence-electron chi connectivity index (χ4n) is 3.11. The smallest absolute Gasteiger partial charge is 0.233 e. The molecule has 1 aliphatic heterocycles. The maximum absolute atomic E-state index is 12.8. The standard InChI is InChI=1S/C19H25N3O3S.ClH/c1-3-25-15-6-4-14(5-7-15)16-13(2)26-18(21-16)22-17(23)19(12-20)8-10-24-11-9-19;/h4-7H,3,8-12,20H2,1-2H3,(H,21,22,23);1H. The lowest BCUT2D eigenvalue weighted by molar-refractivity contribution is -0.130. The number of amides is 1. The Morgan fingerprint density at radius 3 is 2.59 bits per heavy atom. The first-order valence-electron chi connectivity index (χ1n) is 8.88. The zero-order chi connectivity index (χ0) is 18.6. The third kappa shape index (κ3) is 4.79. The van der Waals surface area contributed by atoms with Crippen LogP contribution in [0.4, 0.5) is 5.13 Å². The molecule has 8 heteroatoms. The van der Waals surface area contributed by atoms with E-state index in [4.69, 9.17) is 15.2 Å². The average molecular weight is 412 g/mol. The molecular formula is C19H26ClN3O3S. The molecule has 0 bridgehead atoms. The maximum Gasteiger partial charge on any atom is 0.233 e. The van der Waals surface area contributed by atoms with Gasteiger partial charge in [0.2, 0.25) is 5.91 Å². The van der Waals surface area contributed by atoms with Gasteiger partial charge in [-0.2, -0.15) is 0 Å². The molecule has 1 aromatic heterocycles. The molecule has 3 N–H and O–H groups in total. The number of anilines is 1. The van der Waals surface area contributed by atoms with Crippen LogP contribution in [0.1, 0.15) is 24.6 Å². The highest BCUT2D eigenvalue weighted by Crippen LogP contribution is 2.34. The molecule has 1 aliphatic rings. The number of nitrogens with one attached hydrogen (secondary N) is 1. The van der Waals surface area contributed by atoms with E-state index in [0.29, 0.717) is 44.3 Å². The number of aryl methyl sites for hydroxylation is 1. The first-order chi connectivity index (χ1) is 12.6. The number of carbonyl (C=O) groups excluding carboxylic acids is 1. The van der Waals surface area contributed by atoms with Gasteiger partial charge in [0, 0.05) is 30.2 Å². The first-order valence-corrected chi connectivity index (χ1v) is 9.69. The Balaban J connectivity index is 0.00000261. The van der Waals surface area contributed by atoms with E-state index in [1.807, 2.05) is 38.1 Å². The molecule has 148 valence electrons. The average Bonchev–Trinajstić information content (AvgIpc) is 3.03. The minimum Gasteiger partial charge on any atom is -0.494 e. The van der Waals surface area contributed by atoms with Crippen LogP contribution in [0.5, 0.6) is 5.75 Å². The summed E-state index contributed by atoms with van der Waals surface area (Å²) >= 11 is 1.48. The molecular weight excluding hydrogens is 386 g/mol. The summed E-state index contributed by atoms with van der Waals surface area (Å²) in [6.45, 7) is 6.06. The van der Waals surface area contributed by atoms with Gasteiger partial charge in [0.15, 0.2) is 5.13 Å². The Kier molecular flexibility index (Phi) is 7.61. The van der Waals surface area contributed by atoms with Gasteiger partial charge in [-0.05, 0) is 51.0 Å². The van der Waals surface area contributed by atoms with Gasteiger partial charge in [-0.1, -0.05) is 0 Å². The van der Waals surface area contributed by atoms with E-state index < -0.39 is 5.41 Å². The predicted octanol–water partition coefficient (Wildman–Crippen LogP) is 3.63. The van der Waals surface area contributed by atoms with Crippen molar-refractivity contribution in [2.45, 2.75) is 26.7 Å². The summed E-state index contributed by atoms with van der Waals surface area (Å²) in [5, 5.41) is 3.58. The largest absolute Gasteiger partial charge is 0.494 e. The van der Waals surface area contributed by atoms with Crippen LogP contribution in [0, 0.1) is 12.3 Å². The molecule has 0 radical (unpaired) electrons. The number of benzene rings is 1. The number of hydrogen-bond acceptors (Lipinski definition) is 6. The van der Waals surface area contributed by atoms with E-state index in [0.717, 1.165) is 21.9 Å². The molecule has 0 saturated carbocycles. The van der Waals surface area contributed by atoms with Crippen molar-refractivity contribution in [2.75, 3.05) is 31.7 Å². The molecule has 27 heavy (non-hydrogen) atoms. The van der Waals surface area contributed by atoms with Crippen LogP contribution in [-0.4, -0.2) is 37.3 Å². The number of thiazole rings is 1. The molecule has 1 amide bonds. The van der Waals surface area contributed by atoms with Crippen LogP contribution in [0.15, 0.2) is 24.3 Å². The molecule has 0 atom stereocenters. The Morgan fingerprint density at radius 2 is 2.00 bits per heavy atom. The summed E-state index contributed by atoms with van der Waals surface area (Å²) in [6.07, 6.45) is 1.29. The van der Waals surface area contributed by atoms with E-state index >= 15 is 0 Å². The first kappa shape index (κ1) is 21.6. The zero-order valence-corrected chi connectivity index (χ0v) is 17.3. The Bertz CT molecular complexity index is 758. The number of aromatic nitrogens is 1. The lowest BCUT2D eigenvalue weighted by Crippen LogP contribution is -2.46. The Labute approximate surface area is 169 Å². The highest BCUT2D eigenvalue weighted by atomic mass is 35.5. The molecule has 3 rings (SSSR count). The third-order valence-electron chi connectivity index (χ3n) is 4.78. The van der Waals surface area contributed by atoms with Crippen molar-refractivity contribution < 1.29 is 14.3 Å². The molecule has 0 unspecified atom stereocenters. The second-order valence-corrected chi connectivity index (χ2v) is 7.64. The molecule has 0 aliphatic carbocycles. The van der Waals surface area contributed by atoms with Gasteiger partial charge in [0.1, 0.15) is 5.75 Å². The number of halogens is 1. The van der Waals surface area contributed by atoms with Crippen LogP contribution in [0.3, 0.4) is 0 Å². The fourth-order valence-corrected chi connectivity index (χ4v) is 3.94.